The Kier molecular flexibility index (Phi) is 3.34. The summed E-state index contributed by atoms with van der Waals surface area (Å²) in [5.74, 6) is -1.65. The largest absolute Gasteiger partial charge is 0.468 e. The number of hydrogen-bond donors (Lipinski definition) is 0. The highest BCUT2D eigenvalue weighted by Gasteiger charge is 2.25. The minimum atomic E-state index is -0.853. The van der Waals surface area contributed by atoms with E-state index in [0.29, 0.717) is 5.56 Å². The van der Waals surface area contributed by atoms with Crippen molar-refractivity contribution in [3.05, 3.63) is 30.1 Å². The maximum absolute atomic E-state index is 11.3. The maximum atomic E-state index is 11.3. The van der Waals surface area contributed by atoms with Gasteiger partial charge in [0.05, 0.1) is 7.11 Å². The molecule has 74 valence electrons. The second-order valence-electron chi connectivity index (χ2n) is 2.85. The summed E-state index contributed by atoms with van der Waals surface area (Å²) in [6.45, 7) is 1.36. The van der Waals surface area contributed by atoms with E-state index in [0.717, 1.165) is 0 Å². The lowest BCUT2D eigenvalue weighted by Gasteiger charge is -2.10. The van der Waals surface area contributed by atoms with Crippen LogP contribution < -0.4 is 0 Å². The van der Waals surface area contributed by atoms with E-state index in [-0.39, 0.29) is 5.78 Å². The molecule has 0 radical (unpaired) electrons. The number of rotatable bonds is 3. The van der Waals surface area contributed by atoms with Crippen molar-refractivity contribution in [1.82, 2.24) is 4.98 Å². The van der Waals surface area contributed by atoms with E-state index >= 15 is 0 Å². The number of esters is 1. The Labute approximate surface area is 81.9 Å². The Morgan fingerprint density at radius 2 is 2.21 bits per heavy atom. The average molecular weight is 193 g/mol. The van der Waals surface area contributed by atoms with Gasteiger partial charge in [-0.15, -0.1) is 0 Å². The fraction of sp³-hybridized carbons (Fsp3) is 0.300. The van der Waals surface area contributed by atoms with E-state index in [1.807, 2.05) is 0 Å². The molecule has 14 heavy (non-hydrogen) atoms. The Bertz CT molecular complexity index is 334. The highest BCUT2D eigenvalue weighted by Crippen LogP contribution is 2.16. The Morgan fingerprint density at radius 1 is 1.50 bits per heavy atom. The molecule has 0 aliphatic rings. The summed E-state index contributed by atoms with van der Waals surface area (Å²) < 4.78 is 4.54. The van der Waals surface area contributed by atoms with Gasteiger partial charge < -0.3 is 4.74 Å². The molecule has 0 spiro atoms. The minimum absolute atomic E-state index is 0.246. The Morgan fingerprint density at radius 3 is 2.64 bits per heavy atom. The molecule has 0 fully saturated rings. The van der Waals surface area contributed by atoms with Crippen molar-refractivity contribution in [1.29, 1.82) is 0 Å². The molecule has 1 heterocycles. The topological polar surface area (TPSA) is 56.3 Å². The second kappa shape index (κ2) is 4.50. The Balaban J connectivity index is 3.01. The van der Waals surface area contributed by atoms with Crippen LogP contribution in [-0.4, -0.2) is 23.8 Å². The molecule has 4 heteroatoms. The first-order valence-corrected chi connectivity index (χ1v) is 4.15. The molecule has 0 saturated carbocycles. The zero-order valence-corrected chi connectivity index (χ0v) is 8.06. The SMILES string of the molecule is COC(=O)C(C(C)=O)c1cccnc1. The number of aromatic nitrogens is 1. The van der Waals surface area contributed by atoms with Crippen LogP contribution in [0, 0.1) is 0 Å². The smallest absolute Gasteiger partial charge is 0.320 e. The third-order valence-electron chi connectivity index (χ3n) is 1.86. The molecule has 0 amide bonds. The summed E-state index contributed by atoms with van der Waals surface area (Å²) in [6, 6.07) is 3.35. The summed E-state index contributed by atoms with van der Waals surface area (Å²) in [5, 5.41) is 0. The van der Waals surface area contributed by atoms with E-state index in [9.17, 15) is 9.59 Å². The number of nitrogens with zero attached hydrogens (tertiary/aromatic N) is 1. The molecule has 0 aliphatic heterocycles. The minimum Gasteiger partial charge on any atom is -0.468 e. The molecule has 0 bridgehead atoms. The van der Waals surface area contributed by atoms with Crippen LogP contribution in [0.2, 0.25) is 0 Å². The summed E-state index contributed by atoms with van der Waals surface area (Å²) in [6.07, 6.45) is 3.07. The number of carbonyl (C=O) groups excluding carboxylic acids is 2. The number of carbonyl (C=O) groups is 2. The molecule has 0 saturated heterocycles. The predicted molar refractivity (Wildman–Crippen MR) is 49.7 cm³/mol. The van der Waals surface area contributed by atoms with E-state index in [1.54, 1.807) is 18.3 Å². The molecule has 1 aromatic rings. The predicted octanol–water partition coefficient (Wildman–Crippen LogP) is 0.927. The van der Waals surface area contributed by atoms with Gasteiger partial charge in [0.25, 0.3) is 0 Å². The third-order valence-corrected chi connectivity index (χ3v) is 1.86. The van der Waals surface area contributed by atoms with Crippen molar-refractivity contribution in [3.63, 3.8) is 0 Å². The summed E-state index contributed by atoms with van der Waals surface area (Å²) in [4.78, 5) is 26.3. The summed E-state index contributed by atoms with van der Waals surface area (Å²) in [7, 11) is 1.26. The second-order valence-corrected chi connectivity index (χ2v) is 2.85. The van der Waals surface area contributed by atoms with Crippen molar-refractivity contribution in [2.24, 2.45) is 0 Å². The number of ether oxygens (including phenoxy) is 1. The van der Waals surface area contributed by atoms with Gasteiger partial charge in [-0.05, 0) is 18.6 Å². The van der Waals surface area contributed by atoms with E-state index in [4.69, 9.17) is 0 Å². The van der Waals surface area contributed by atoms with Crippen LogP contribution in [0.5, 0.6) is 0 Å². The van der Waals surface area contributed by atoms with Crippen molar-refractivity contribution in [2.75, 3.05) is 7.11 Å². The number of hydrogen-bond acceptors (Lipinski definition) is 4. The first kappa shape index (κ1) is 10.4. The zero-order valence-electron chi connectivity index (χ0n) is 8.06. The van der Waals surface area contributed by atoms with Crippen molar-refractivity contribution in [3.8, 4) is 0 Å². The normalized spacial score (nSPS) is 11.9. The van der Waals surface area contributed by atoms with Crippen LogP contribution in [0.1, 0.15) is 18.4 Å². The van der Waals surface area contributed by atoms with Crippen molar-refractivity contribution < 1.29 is 14.3 Å². The van der Waals surface area contributed by atoms with Gasteiger partial charge in [0.2, 0.25) is 0 Å². The molecule has 1 rings (SSSR count). The van der Waals surface area contributed by atoms with Gasteiger partial charge in [0.1, 0.15) is 11.7 Å². The molecule has 0 aromatic carbocycles. The van der Waals surface area contributed by atoms with E-state index < -0.39 is 11.9 Å². The van der Waals surface area contributed by atoms with Crippen LogP contribution in [0.15, 0.2) is 24.5 Å². The summed E-state index contributed by atoms with van der Waals surface area (Å²) >= 11 is 0. The van der Waals surface area contributed by atoms with Gasteiger partial charge in [0, 0.05) is 12.4 Å². The molecule has 0 aliphatic carbocycles. The monoisotopic (exact) mass is 193 g/mol. The van der Waals surface area contributed by atoms with E-state index in [2.05, 4.69) is 9.72 Å². The van der Waals surface area contributed by atoms with E-state index in [1.165, 1.54) is 20.2 Å². The lowest BCUT2D eigenvalue weighted by Crippen LogP contribution is -2.21. The standard InChI is InChI=1S/C10H11NO3/c1-7(12)9(10(13)14-2)8-4-3-5-11-6-8/h3-6,9H,1-2H3. The van der Waals surface area contributed by atoms with Crippen LogP contribution in [0.4, 0.5) is 0 Å². The van der Waals surface area contributed by atoms with Crippen LogP contribution in [0.25, 0.3) is 0 Å². The van der Waals surface area contributed by atoms with Gasteiger partial charge >= 0.3 is 5.97 Å². The van der Waals surface area contributed by atoms with Gasteiger partial charge in [-0.2, -0.15) is 0 Å². The highest BCUT2D eigenvalue weighted by atomic mass is 16.5. The number of methoxy groups -OCH3 is 1. The number of ketones is 1. The molecule has 1 atom stereocenters. The molecule has 0 N–H and O–H groups in total. The lowest BCUT2D eigenvalue weighted by atomic mass is 9.97. The molecule has 1 aromatic heterocycles. The fourth-order valence-electron chi connectivity index (χ4n) is 1.20. The van der Waals surface area contributed by atoms with Crippen molar-refractivity contribution in [2.45, 2.75) is 12.8 Å². The molecular formula is C10H11NO3. The van der Waals surface area contributed by atoms with Crippen molar-refractivity contribution >= 4 is 11.8 Å². The molecule has 1 unspecified atom stereocenters. The molecule has 4 nitrogen and oxygen atoms in total. The van der Waals surface area contributed by atoms with Gasteiger partial charge in [-0.25, -0.2) is 0 Å². The van der Waals surface area contributed by atoms with Crippen LogP contribution in [0.3, 0.4) is 0 Å². The fourth-order valence-corrected chi connectivity index (χ4v) is 1.20. The highest BCUT2D eigenvalue weighted by molar-refractivity contribution is 6.03. The summed E-state index contributed by atoms with van der Waals surface area (Å²) in [5.41, 5.74) is 0.562. The van der Waals surface area contributed by atoms with Gasteiger partial charge in [-0.1, -0.05) is 6.07 Å². The average Bonchev–Trinajstić information content (AvgIpc) is 2.19. The lowest BCUT2D eigenvalue weighted by molar-refractivity contribution is -0.145. The number of pyridine rings is 1. The quantitative estimate of drug-likeness (QED) is 0.529. The van der Waals surface area contributed by atoms with Crippen LogP contribution >= 0.6 is 0 Å². The third kappa shape index (κ3) is 2.16. The number of Topliss-reactive ketones (excluding diaryl/α,β-unsaturated/α-hetero) is 1. The van der Waals surface area contributed by atoms with Gasteiger partial charge in [-0.3, -0.25) is 14.6 Å². The van der Waals surface area contributed by atoms with Crippen LogP contribution in [-0.2, 0) is 14.3 Å². The molecular weight excluding hydrogens is 182 g/mol. The zero-order chi connectivity index (χ0) is 10.6. The Hall–Kier alpha value is -1.71. The first-order valence-electron chi connectivity index (χ1n) is 4.15. The first-order chi connectivity index (χ1) is 6.66. The maximum Gasteiger partial charge on any atom is 0.320 e. The van der Waals surface area contributed by atoms with Gasteiger partial charge in [0.15, 0.2) is 0 Å².